The van der Waals surface area contributed by atoms with Crippen LogP contribution in [0.3, 0.4) is 0 Å². The lowest BCUT2D eigenvalue weighted by Crippen LogP contribution is -2.38. The van der Waals surface area contributed by atoms with Crippen LogP contribution < -0.4 is 4.90 Å². The molecule has 20 heavy (non-hydrogen) atoms. The van der Waals surface area contributed by atoms with Gasteiger partial charge >= 0.3 is 0 Å². The molecular formula is C15H12BrNO3. The lowest BCUT2D eigenvalue weighted by molar-refractivity contribution is -0.126. The number of amides is 2. The summed E-state index contributed by atoms with van der Waals surface area (Å²) in [4.78, 5) is 26.6. The SMILES string of the molecule is C[C@@]12C=C[C@@H](O1)[C@H]1C(=O)N(c3cccc(Br)c3)C(=O)[C@H]12. The predicted octanol–water partition coefficient (Wildman–Crippen LogP) is 2.28. The molecule has 1 aromatic carbocycles. The zero-order valence-electron chi connectivity index (χ0n) is 10.7. The molecule has 3 aliphatic heterocycles. The maximum Gasteiger partial charge on any atom is 0.241 e. The van der Waals surface area contributed by atoms with Gasteiger partial charge in [0.1, 0.15) is 0 Å². The van der Waals surface area contributed by atoms with Crippen molar-refractivity contribution in [1.82, 2.24) is 0 Å². The summed E-state index contributed by atoms with van der Waals surface area (Å²) in [7, 11) is 0. The van der Waals surface area contributed by atoms with Crippen LogP contribution in [-0.2, 0) is 14.3 Å². The van der Waals surface area contributed by atoms with Crippen LogP contribution in [0.2, 0.25) is 0 Å². The molecule has 4 atom stereocenters. The third-order valence-electron chi connectivity index (χ3n) is 4.40. The molecule has 2 saturated heterocycles. The topological polar surface area (TPSA) is 46.6 Å². The Balaban J connectivity index is 1.79. The molecule has 0 unspecified atom stereocenters. The van der Waals surface area contributed by atoms with Crippen LogP contribution in [0.25, 0.3) is 0 Å². The number of carbonyl (C=O) groups excluding carboxylic acids is 2. The first-order valence-corrected chi connectivity index (χ1v) is 7.31. The van der Waals surface area contributed by atoms with Gasteiger partial charge in [0.05, 0.1) is 29.2 Å². The maximum absolute atomic E-state index is 12.7. The second-order valence-electron chi connectivity index (χ2n) is 5.62. The number of imide groups is 1. The summed E-state index contributed by atoms with van der Waals surface area (Å²) < 4.78 is 6.63. The van der Waals surface area contributed by atoms with E-state index in [9.17, 15) is 9.59 Å². The summed E-state index contributed by atoms with van der Waals surface area (Å²) in [6, 6.07) is 7.25. The van der Waals surface area contributed by atoms with E-state index in [1.165, 1.54) is 4.90 Å². The minimum Gasteiger partial charge on any atom is -0.362 e. The molecule has 102 valence electrons. The number of rotatable bonds is 1. The van der Waals surface area contributed by atoms with Crippen molar-refractivity contribution < 1.29 is 14.3 Å². The Morgan fingerprint density at radius 1 is 1.30 bits per heavy atom. The van der Waals surface area contributed by atoms with Crippen LogP contribution in [0.1, 0.15) is 6.92 Å². The van der Waals surface area contributed by atoms with E-state index in [0.29, 0.717) is 5.69 Å². The van der Waals surface area contributed by atoms with E-state index < -0.39 is 11.5 Å². The highest BCUT2D eigenvalue weighted by Crippen LogP contribution is 2.52. The minimum atomic E-state index is -0.636. The molecule has 4 nitrogen and oxygen atoms in total. The van der Waals surface area contributed by atoms with Crippen LogP contribution in [0, 0.1) is 11.8 Å². The third-order valence-corrected chi connectivity index (χ3v) is 4.89. The van der Waals surface area contributed by atoms with Gasteiger partial charge < -0.3 is 4.74 Å². The Hall–Kier alpha value is -1.46. The lowest BCUT2D eigenvalue weighted by Gasteiger charge is -2.24. The molecule has 0 radical (unpaired) electrons. The van der Waals surface area contributed by atoms with Gasteiger partial charge in [-0.1, -0.05) is 34.1 Å². The van der Waals surface area contributed by atoms with E-state index in [1.807, 2.05) is 31.2 Å². The summed E-state index contributed by atoms with van der Waals surface area (Å²) in [5.74, 6) is -1.09. The molecule has 1 aromatic rings. The van der Waals surface area contributed by atoms with Gasteiger partial charge in [0.2, 0.25) is 11.8 Å². The smallest absolute Gasteiger partial charge is 0.241 e. The highest BCUT2D eigenvalue weighted by molar-refractivity contribution is 9.10. The van der Waals surface area contributed by atoms with Gasteiger partial charge in [-0.15, -0.1) is 0 Å². The van der Waals surface area contributed by atoms with Crippen molar-refractivity contribution in [3.8, 4) is 0 Å². The second kappa shape index (κ2) is 3.80. The number of hydrogen-bond donors (Lipinski definition) is 0. The average Bonchev–Trinajstić information content (AvgIpc) is 2.99. The molecule has 4 rings (SSSR count). The molecule has 3 heterocycles. The van der Waals surface area contributed by atoms with Crippen LogP contribution in [0.5, 0.6) is 0 Å². The quantitative estimate of drug-likeness (QED) is 0.585. The second-order valence-corrected chi connectivity index (χ2v) is 6.54. The van der Waals surface area contributed by atoms with Crippen LogP contribution in [-0.4, -0.2) is 23.5 Å². The number of fused-ring (bicyclic) bond motifs is 5. The fourth-order valence-corrected chi connectivity index (χ4v) is 3.91. The third kappa shape index (κ3) is 1.39. The Labute approximate surface area is 124 Å². The van der Waals surface area contributed by atoms with Gasteiger partial charge in [-0.05, 0) is 25.1 Å². The number of anilines is 1. The summed E-state index contributed by atoms with van der Waals surface area (Å²) in [6.07, 6.45) is 3.55. The first-order valence-electron chi connectivity index (χ1n) is 6.52. The Bertz CT molecular complexity index is 671. The van der Waals surface area contributed by atoms with E-state index in [-0.39, 0.29) is 23.8 Å². The molecule has 0 aromatic heterocycles. The zero-order valence-corrected chi connectivity index (χ0v) is 12.3. The van der Waals surface area contributed by atoms with Crippen molar-refractivity contribution in [3.63, 3.8) is 0 Å². The van der Waals surface area contributed by atoms with E-state index in [1.54, 1.807) is 12.1 Å². The monoisotopic (exact) mass is 333 g/mol. The highest BCUT2D eigenvalue weighted by atomic mass is 79.9. The number of benzene rings is 1. The van der Waals surface area contributed by atoms with Crippen LogP contribution in [0.15, 0.2) is 40.9 Å². The van der Waals surface area contributed by atoms with Crippen molar-refractivity contribution in [2.24, 2.45) is 11.8 Å². The largest absolute Gasteiger partial charge is 0.362 e. The molecule has 0 saturated carbocycles. The summed E-state index contributed by atoms with van der Waals surface area (Å²) >= 11 is 3.37. The van der Waals surface area contributed by atoms with E-state index in [4.69, 9.17) is 4.74 Å². The molecule has 2 fully saturated rings. The normalized spacial score (nSPS) is 37.9. The Morgan fingerprint density at radius 2 is 2.10 bits per heavy atom. The van der Waals surface area contributed by atoms with Gasteiger partial charge in [0.25, 0.3) is 0 Å². The van der Waals surface area contributed by atoms with Crippen molar-refractivity contribution in [2.45, 2.75) is 18.6 Å². The number of hydrogen-bond acceptors (Lipinski definition) is 3. The fourth-order valence-electron chi connectivity index (χ4n) is 3.52. The van der Waals surface area contributed by atoms with E-state index >= 15 is 0 Å². The number of halogens is 1. The van der Waals surface area contributed by atoms with Gasteiger partial charge in [-0.3, -0.25) is 9.59 Å². The first kappa shape index (κ1) is 12.3. The minimum absolute atomic E-state index is 0.156. The number of ether oxygens (including phenoxy) is 1. The molecule has 0 spiro atoms. The average molecular weight is 334 g/mol. The van der Waals surface area contributed by atoms with Gasteiger partial charge in [0, 0.05) is 4.47 Å². The Kier molecular flexibility index (Phi) is 2.34. The zero-order chi connectivity index (χ0) is 14.1. The standard InChI is InChI=1S/C15H12BrNO3/c1-15-6-5-10(20-15)11-12(15)14(19)17(13(11)18)9-4-2-3-8(16)7-9/h2-7,10-12H,1H3/t10-,11-,12+,15+/m1/s1. The van der Waals surface area contributed by atoms with Crippen molar-refractivity contribution >= 4 is 33.4 Å². The maximum atomic E-state index is 12.7. The predicted molar refractivity (Wildman–Crippen MR) is 76.0 cm³/mol. The molecule has 5 heteroatoms. The number of nitrogens with zero attached hydrogens (tertiary/aromatic N) is 1. The van der Waals surface area contributed by atoms with E-state index in [0.717, 1.165) is 4.47 Å². The molecule has 0 N–H and O–H groups in total. The lowest BCUT2D eigenvalue weighted by atomic mass is 9.78. The first-order chi connectivity index (χ1) is 9.51. The summed E-state index contributed by atoms with van der Waals surface area (Å²) in [5, 5.41) is 0. The highest BCUT2D eigenvalue weighted by Gasteiger charge is 2.65. The summed E-state index contributed by atoms with van der Waals surface area (Å²) in [5.41, 5.74) is -0.0187. The van der Waals surface area contributed by atoms with Crippen molar-refractivity contribution in [2.75, 3.05) is 4.90 Å². The molecule has 2 amide bonds. The Morgan fingerprint density at radius 3 is 2.80 bits per heavy atom. The van der Waals surface area contributed by atoms with Crippen molar-refractivity contribution in [3.05, 3.63) is 40.9 Å². The summed E-state index contributed by atoms with van der Waals surface area (Å²) in [6.45, 7) is 1.88. The molecule has 0 aliphatic carbocycles. The molecule has 2 bridgehead atoms. The van der Waals surface area contributed by atoms with Gasteiger partial charge in [-0.2, -0.15) is 0 Å². The van der Waals surface area contributed by atoms with Crippen LogP contribution in [0.4, 0.5) is 5.69 Å². The number of carbonyl (C=O) groups is 2. The van der Waals surface area contributed by atoms with Crippen LogP contribution >= 0.6 is 15.9 Å². The van der Waals surface area contributed by atoms with E-state index in [2.05, 4.69) is 15.9 Å². The van der Waals surface area contributed by atoms with Gasteiger partial charge in [-0.25, -0.2) is 4.90 Å². The molecule has 3 aliphatic rings. The fraction of sp³-hybridized carbons (Fsp3) is 0.333. The van der Waals surface area contributed by atoms with Crippen molar-refractivity contribution in [1.29, 1.82) is 0 Å². The van der Waals surface area contributed by atoms with Gasteiger partial charge in [0.15, 0.2) is 0 Å². The molecular weight excluding hydrogens is 322 g/mol.